The molecule has 0 saturated heterocycles. The molecule has 0 aliphatic heterocycles. The van der Waals surface area contributed by atoms with Gasteiger partial charge in [0.15, 0.2) is 5.78 Å². The molecule has 0 aliphatic rings. The summed E-state index contributed by atoms with van der Waals surface area (Å²) in [5.41, 5.74) is 0.469. The van der Waals surface area contributed by atoms with Crippen LogP contribution >= 0.6 is 0 Å². The first-order valence-corrected chi connectivity index (χ1v) is 5.84. The zero-order chi connectivity index (χ0) is 11.6. The van der Waals surface area contributed by atoms with E-state index in [1.165, 1.54) is 25.1 Å². The minimum absolute atomic E-state index is 0.130. The summed E-state index contributed by atoms with van der Waals surface area (Å²) in [6.07, 6.45) is 0. The van der Waals surface area contributed by atoms with Gasteiger partial charge < -0.3 is 5.11 Å². The maximum atomic E-state index is 11.0. The number of phenolic OH excluding ortho intramolecular Hbond substituents is 1. The molecule has 15 heavy (non-hydrogen) atoms. The van der Waals surface area contributed by atoms with Crippen LogP contribution in [0.3, 0.4) is 0 Å². The summed E-state index contributed by atoms with van der Waals surface area (Å²) >= 11 is 0. The van der Waals surface area contributed by atoms with Crippen molar-refractivity contribution in [3.05, 3.63) is 29.3 Å². The Kier molecular flexibility index (Phi) is 3.11. The number of carbonyl (C=O) groups is 1. The van der Waals surface area contributed by atoms with Gasteiger partial charge in [-0.25, -0.2) is 13.6 Å². The summed E-state index contributed by atoms with van der Waals surface area (Å²) in [4.78, 5) is 11.0. The van der Waals surface area contributed by atoms with Gasteiger partial charge in [-0.15, -0.1) is 0 Å². The summed E-state index contributed by atoms with van der Waals surface area (Å²) in [6.45, 7) is 1.35. The van der Waals surface area contributed by atoms with Crippen LogP contribution in [0.5, 0.6) is 5.75 Å². The molecule has 0 saturated carbocycles. The summed E-state index contributed by atoms with van der Waals surface area (Å²) < 4.78 is 21.6. The second-order valence-electron chi connectivity index (χ2n) is 3.21. The number of rotatable bonds is 3. The van der Waals surface area contributed by atoms with Crippen LogP contribution in [0.1, 0.15) is 22.8 Å². The largest absolute Gasteiger partial charge is 0.508 e. The molecule has 0 fully saturated rings. The third-order valence-electron chi connectivity index (χ3n) is 1.84. The minimum atomic E-state index is -3.71. The molecule has 0 spiro atoms. The summed E-state index contributed by atoms with van der Waals surface area (Å²) in [6, 6.07) is 4.02. The number of carbonyl (C=O) groups excluding carboxylic acids is 1. The van der Waals surface area contributed by atoms with E-state index in [4.69, 9.17) is 5.14 Å². The van der Waals surface area contributed by atoms with Gasteiger partial charge in [-0.3, -0.25) is 4.79 Å². The van der Waals surface area contributed by atoms with E-state index in [9.17, 15) is 18.3 Å². The lowest BCUT2D eigenvalue weighted by molar-refractivity contribution is 0.101. The van der Waals surface area contributed by atoms with Crippen molar-refractivity contribution in [2.75, 3.05) is 0 Å². The van der Waals surface area contributed by atoms with Gasteiger partial charge >= 0.3 is 0 Å². The molecular formula is C9H11NO4S. The van der Waals surface area contributed by atoms with Crippen LogP contribution in [0.4, 0.5) is 0 Å². The van der Waals surface area contributed by atoms with E-state index in [0.717, 1.165) is 0 Å². The van der Waals surface area contributed by atoms with Crippen LogP contribution in [0.15, 0.2) is 18.2 Å². The number of nitrogens with two attached hydrogens (primary N) is 1. The Balaban J connectivity index is 3.17. The summed E-state index contributed by atoms with van der Waals surface area (Å²) in [5, 5.41) is 14.2. The fourth-order valence-electron chi connectivity index (χ4n) is 1.14. The molecule has 1 aromatic rings. The maximum Gasteiger partial charge on any atom is 0.213 e. The molecule has 0 atom stereocenters. The van der Waals surface area contributed by atoms with Crippen molar-refractivity contribution in [3.8, 4) is 5.75 Å². The Hall–Kier alpha value is -1.40. The van der Waals surface area contributed by atoms with Crippen LogP contribution in [0.25, 0.3) is 0 Å². The van der Waals surface area contributed by atoms with Gasteiger partial charge in [-0.1, -0.05) is 0 Å². The van der Waals surface area contributed by atoms with Crippen molar-refractivity contribution in [1.29, 1.82) is 0 Å². The molecule has 3 N–H and O–H groups in total. The fraction of sp³-hybridized carbons (Fsp3) is 0.222. The summed E-state index contributed by atoms with van der Waals surface area (Å²) in [7, 11) is -3.71. The number of hydrogen-bond donors (Lipinski definition) is 2. The normalized spacial score (nSPS) is 11.3. The van der Waals surface area contributed by atoms with Crippen LogP contribution in [0, 0.1) is 0 Å². The molecular weight excluding hydrogens is 218 g/mol. The second-order valence-corrected chi connectivity index (χ2v) is 4.82. The monoisotopic (exact) mass is 229 g/mol. The molecule has 0 bridgehead atoms. The number of benzene rings is 1. The number of sulfonamides is 1. The Morgan fingerprint density at radius 3 is 2.53 bits per heavy atom. The highest BCUT2D eigenvalue weighted by Gasteiger charge is 2.11. The van der Waals surface area contributed by atoms with Crippen molar-refractivity contribution >= 4 is 15.8 Å². The third kappa shape index (κ3) is 3.34. The third-order valence-corrected chi connectivity index (χ3v) is 2.56. The molecule has 6 heteroatoms. The molecule has 0 heterocycles. The lowest BCUT2D eigenvalue weighted by atomic mass is 10.1. The van der Waals surface area contributed by atoms with Crippen molar-refractivity contribution in [2.45, 2.75) is 12.7 Å². The van der Waals surface area contributed by atoms with E-state index >= 15 is 0 Å². The van der Waals surface area contributed by atoms with E-state index in [-0.39, 0.29) is 17.1 Å². The average molecular weight is 229 g/mol. The van der Waals surface area contributed by atoms with E-state index in [1.807, 2.05) is 0 Å². The highest BCUT2D eigenvalue weighted by Crippen LogP contribution is 2.20. The smallest absolute Gasteiger partial charge is 0.213 e. The Morgan fingerprint density at radius 1 is 1.47 bits per heavy atom. The quantitative estimate of drug-likeness (QED) is 0.732. The molecule has 1 rings (SSSR count). The number of aromatic hydroxyl groups is 1. The van der Waals surface area contributed by atoms with Crippen molar-refractivity contribution < 1.29 is 18.3 Å². The number of primary sulfonamides is 1. The number of phenols is 1. The molecule has 5 nitrogen and oxygen atoms in total. The van der Waals surface area contributed by atoms with Gasteiger partial charge in [-0.2, -0.15) is 0 Å². The van der Waals surface area contributed by atoms with Gasteiger partial charge in [0.05, 0.1) is 5.75 Å². The van der Waals surface area contributed by atoms with Gasteiger partial charge in [0.2, 0.25) is 10.0 Å². The molecule has 0 radical (unpaired) electrons. The van der Waals surface area contributed by atoms with E-state index in [2.05, 4.69) is 0 Å². The minimum Gasteiger partial charge on any atom is -0.508 e. The van der Waals surface area contributed by atoms with Crippen molar-refractivity contribution in [1.82, 2.24) is 0 Å². The molecule has 0 unspecified atom stereocenters. The molecule has 1 aromatic carbocycles. The number of ketones is 1. The van der Waals surface area contributed by atoms with Gasteiger partial charge in [0.25, 0.3) is 0 Å². The predicted octanol–water partition coefficient (Wildman–Crippen LogP) is 0.383. The molecule has 0 aliphatic carbocycles. The van der Waals surface area contributed by atoms with Crippen LogP contribution in [-0.4, -0.2) is 19.3 Å². The van der Waals surface area contributed by atoms with Crippen LogP contribution < -0.4 is 5.14 Å². The zero-order valence-electron chi connectivity index (χ0n) is 8.10. The Bertz CT molecular complexity index is 493. The van der Waals surface area contributed by atoms with E-state index in [0.29, 0.717) is 5.56 Å². The highest BCUT2D eigenvalue weighted by atomic mass is 32.2. The lowest BCUT2D eigenvalue weighted by Gasteiger charge is -2.04. The van der Waals surface area contributed by atoms with Crippen LogP contribution in [0.2, 0.25) is 0 Å². The molecule has 82 valence electrons. The first kappa shape index (κ1) is 11.7. The second kappa shape index (κ2) is 4.00. The Labute approximate surface area is 87.6 Å². The fourth-order valence-corrected chi connectivity index (χ4v) is 1.80. The number of Topliss-reactive ketones (excluding diaryl/α,β-unsaturated/α-hetero) is 1. The average Bonchev–Trinajstić information content (AvgIpc) is 2.06. The zero-order valence-corrected chi connectivity index (χ0v) is 8.91. The Morgan fingerprint density at radius 2 is 2.07 bits per heavy atom. The first-order chi connectivity index (χ1) is 6.79. The standard InChI is InChI=1S/C9H11NO4S/c1-6(11)7-2-3-9(12)8(4-7)5-15(10,13)14/h2-4,12H,5H2,1H3,(H2,10,13,14). The molecule has 0 amide bonds. The van der Waals surface area contributed by atoms with E-state index < -0.39 is 15.8 Å². The molecule has 0 aromatic heterocycles. The summed E-state index contributed by atoms with van der Waals surface area (Å²) in [5.74, 6) is -0.875. The first-order valence-electron chi connectivity index (χ1n) is 4.13. The number of hydrogen-bond acceptors (Lipinski definition) is 4. The van der Waals surface area contributed by atoms with Gasteiger partial charge in [0, 0.05) is 11.1 Å². The highest BCUT2D eigenvalue weighted by molar-refractivity contribution is 7.88. The van der Waals surface area contributed by atoms with E-state index in [1.54, 1.807) is 0 Å². The van der Waals surface area contributed by atoms with Crippen LogP contribution in [-0.2, 0) is 15.8 Å². The van der Waals surface area contributed by atoms with Crippen molar-refractivity contribution in [2.24, 2.45) is 5.14 Å². The maximum absolute atomic E-state index is 11.0. The van der Waals surface area contributed by atoms with Gasteiger partial charge in [-0.05, 0) is 25.1 Å². The predicted molar refractivity (Wildman–Crippen MR) is 54.9 cm³/mol. The topological polar surface area (TPSA) is 97.5 Å². The van der Waals surface area contributed by atoms with Crippen molar-refractivity contribution in [3.63, 3.8) is 0 Å². The van der Waals surface area contributed by atoms with Gasteiger partial charge in [0.1, 0.15) is 5.75 Å². The SMILES string of the molecule is CC(=O)c1ccc(O)c(CS(N)(=O)=O)c1. The lowest BCUT2D eigenvalue weighted by Crippen LogP contribution is -2.14.